The number of carbonyl (C=O) groups excluding carboxylic acids is 2. The molecule has 0 aromatic carbocycles. The molecular formula is C12H17NO5. The van der Waals surface area contributed by atoms with Crippen molar-refractivity contribution in [3.63, 3.8) is 0 Å². The summed E-state index contributed by atoms with van der Waals surface area (Å²) in [6.45, 7) is 1.68. The van der Waals surface area contributed by atoms with E-state index in [2.05, 4.69) is 4.74 Å². The van der Waals surface area contributed by atoms with Gasteiger partial charge in [0.1, 0.15) is 6.42 Å². The Hall–Kier alpha value is -1.56. The van der Waals surface area contributed by atoms with Crippen LogP contribution in [0.3, 0.4) is 0 Å². The van der Waals surface area contributed by atoms with Gasteiger partial charge in [-0.3, -0.25) is 4.79 Å². The van der Waals surface area contributed by atoms with Gasteiger partial charge in [-0.05, 0) is 12.8 Å². The highest BCUT2D eigenvalue weighted by molar-refractivity contribution is 5.87. The van der Waals surface area contributed by atoms with Crippen molar-refractivity contribution >= 4 is 11.9 Å². The Balaban J connectivity index is 2.24. The third-order valence-electron chi connectivity index (χ3n) is 3.29. The molecular weight excluding hydrogens is 238 g/mol. The number of hydrogen-bond donors (Lipinski definition) is 0. The Morgan fingerprint density at radius 1 is 1.44 bits per heavy atom. The average molecular weight is 255 g/mol. The fourth-order valence-electron chi connectivity index (χ4n) is 2.36. The highest BCUT2D eigenvalue weighted by Gasteiger charge is 2.48. The molecule has 0 amide bonds. The van der Waals surface area contributed by atoms with Crippen LogP contribution in [-0.2, 0) is 23.8 Å². The number of esters is 2. The van der Waals surface area contributed by atoms with Gasteiger partial charge >= 0.3 is 11.9 Å². The van der Waals surface area contributed by atoms with Gasteiger partial charge < -0.3 is 19.1 Å². The predicted molar refractivity (Wildman–Crippen MR) is 61.4 cm³/mol. The number of rotatable bonds is 4. The number of likely N-dealkylation sites (tertiary alicyclic amines) is 1. The molecule has 0 N–H and O–H groups in total. The van der Waals surface area contributed by atoms with Crippen LogP contribution in [0.2, 0.25) is 0 Å². The van der Waals surface area contributed by atoms with Crippen LogP contribution in [0.25, 0.3) is 0 Å². The van der Waals surface area contributed by atoms with Gasteiger partial charge in [0.15, 0.2) is 0 Å². The third-order valence-corrected chi connectivity index (χ3v) is 3.29. The van der Waals surface area contributed by atoms with Crippen LogP contribution in [0.15, 0.2) is 11.8 Å². The van der Waals surface area contributed by atoms with Gasteiger partial charge in [-0.2, -0.15) is 0 Å². The summed E-state index contributed by atoms with van der Waals surface area (Å²) in [4.78, 5) is 25.0. The summed E-state index contributed by atoms with van der Waals surface area (Å²) < 4.78 is 15.1. The fraction of sp³-hybridized carbons (Fsp3) is 0.667. The second kappa shape index (κ2) is 4.97. The van der Waals surface area contributed by atoms with Gasteiger partial charge in [-0.25, -0.2) is 4.79 Å². The fourth-order valence-corrected chi connectivity index (χ4v) is 2.36. The molecule has 0 radical (unpaired) electrons. The van der Waals surface area contributed by atoms with Crippen LogP contribution in [-0.4, -0.2) is 49.9 Å². The first-order valence-electron chi connectivity index (χ1n) is 5.93. The van der Waals surface area contributed by atoms with E-state index in [0.29, 0.717) is 5.70 Å². The topological polar surface area (TPSA) is 65.1 Å². The molecule has 1 fully saturated rings. The summed E-state index contributed by atoms with van der Waals surface area (Å²) in [5.74, 6) is -2.28. The zero-order chi connectivity index (χ0) is 13.2. The molecule has 1 saturated heterocycles. The molecule has 0 bridgehead atoms. The van der Waals surface area contributed by atoms with E-state index in [-0.39, 0.29) is 6.42 Å². The Morgan fingerprint density at radius 3 is 2.67 bits per heavy atom. The molecule has 6 nitrogen and oxygen atoms in total. The SMILES string of the molecule is COC(=O)CC1(OC)OC(=O)C=C1N1CCCC1. The van der Waals surface area contributed by atoms with E-state index >= 15 is 0 Å². The van der Waals surface area contributed by atoms with Crippen molar-refractivity contribution < 1.29 is 23.8 Å². The maximum atomic E-state index is 11.5. The van der Waals surface area contributed by atoms with Crippen molar-refractivity contribution in [2.75, 3.05) is 27.3 Å². The van der Waals surface area contributed by atoms with E-state index in [0.717, 1.165) is 25.9 Å². The standard InChI is InChI=1S/C12H17NO5/c1-16-11(15)8-12(17-2)9(7-10(14)18-12)13-5-3-4-6-13/h7H,3-6,8H2,1-2H3. The maximum Gasteiger partial charge on any atom is 0.335 e. The number of ether oxygens (including phenoxy) is 3. The minimum absolute atomic E-state index is 0.131. The van der Waals surface area contributed by atoms with E-state index in [1.807, 2.05) is 4.90 Å². The van der Waals surface area contributed by atoms with E-state index in [1.165, 1.54) is 20.3 Å². The second-order valence-electron chi connectivity index (χ2n) is 4.35. The Bertz CT molecular complexity index is 386. The lowest BCUT2D eigenvalue weighted by molar-refractivity contribution is -0.204. The van der Waals surface area contributed by atoms with Crippen molar-refractivity contribution in [3.8, 4) is 0 Å². The first kappa shape index (κ1) is 12.9. The molecule has 1 atom stereocenters. The highest BCUT2D eigenvalue weighted by Crippen LogP contribution is 2.36. The molecule has 0 spiro atoms. The summed E-state index contributed by atoms with van der Waals surface area (Å²) in [5.41, 5.74) is 0.623. The number of hydrogen-bond acceptors (Lipinski definition) is 6. The Morgan fingerprint density at radius 2 is 2.11 bits per heavy atom. The monoisotopic (exact) mass is 255 g/mol. The van der Waals surface area contributed by atoms with Crippen molar-refractivity contribution in [2.45, 2.75) is 25.0 Å². The first-order chi connectivity index (χ1) is 8.61. The van der Waals surface area contributed by atoms with Gasteiger partial charge in [-0.15, -0.1) is 0 Å². The smallest absolute Gasteiger partial charge is 0.335 e. The number of nitrogens with zero attached hydrogens (tertiary/aromatic N) is 1. The summed E-state index contributed by atoms with van der Waals surface area (Å²) in [6.07, 6.45) is 3.39. The molecule has 2 heterocycles. The van der Waals surface area contributed by atoms with Crippen LogP contribution >= 0.6 is 0 Å². The lowest BCUT2D eigenvalue weighted by Crippen LogP contribution is -2.43. The average Bonchev–Trinajstić information content (AvgIpc) is 2.97. The minimum Gasteiger partial charge on any atom is -0.469 e. The minimum atomic E-state index is -1.32. The molecule has 0 aliphatic carbocycles. The number of carbonyl (C=O) groups is 2. The zero-order valence-electron chi connectivity index (χ0n) is 10.6. The van der Waals surface area contributed by atoms with Gasteiger partial charge in [0.05, 0.1) is 12.8 Å². The summed E-state index contributed by atoms with van der Waals surface area (Å²) in [5, 5.41) is 0. The zero-order valence-corrected chi connectivity index (χ0v) is 10.6. The second-order valence-corrected chi connectivity index (χ2v) is 4.35. The van der Waals surface area contributed by atoms with E-state index in [4.69, 9.17) is 9.47 Å². The lowest BCUT2D eigenvalue weighted by atomic mass is 10.1. The quantitative estimate of drug-likeness (QED) is 0.679. The van der Waals surface area contributed by atoms with Crippen LogP contribution in [0, 0.1) is 0 Å². The molecule has 6 heteroatoms. The predicted octanol–water partition coefficient (Wildman–Crippen LogP) is 0.429. The number of cyclic esters (lactones) is 1. The summed E-state index contributed by atoms with van der Waals surface area (Å²) >= 11 is 0. The van der Waals surface area contributed by atoms with Gasteiger partial charge in [0.25, 0.3) is 5.79 Å². The number of methoxy groups -OCH3 is 2. The Labute approximate surface area is 105 Å². The highest BCUT2D eigenvalue weighted by atomic mass is 16.7. The lowest BCUT2D eigenvalue weighted by Gasteiger charge is -2.33. The van der Waals surface area contributed by atoms with Crippen LogP contribution in [0.4, 0.5) is 0 Å². The molecule has 0 aromatic rings. The van der Waals surface area contributed by atoms with Crippen LogP contribution < -0.4 is 0 Å². The van der Waals surface area contributed by atoms with Crippen molar-refractivity contribution in [1.29, 1.82) is 0 Å². The molecule has 18 heavy (non-hydrogen) atoms. The largest absolute Gasteiger partial charge is 0.469 e. The van der Waals surface area contributed by atoms with Crippen molar-refractivity contribution in [2.24, 2.45) is 0 Å². The van der Waals surface area contributed by atoms with Gasteiger partial charge in [0.2, 0.25) is 0 Å². The maximum absolute atomic E-state index is 11.5. The molecule has 2 aliphatic heterocycles. The van der Waals surface area contributed by atoms with Crippen LogP contribution in [0.1, 0.15) is 19.3 Å². The normalized spacial score (nSPS) is 27.1. The Kier molecular flexibility index (Phi) is 3.56. The first-order valence-corrected chi connectivity index (χ1v) is 5.93. The van der Waals surface area contributed by atoms with E-state index < -0.39 is 17.7 Å². The van der Waals surface area contributed by atoms with E-state index in [1.54, 1.807) is 0 Å². The van der Waals surface area contributed by atoms with Crippen molar-refractivity contribution in [3.05, 3.63) is 11.8 Å². The van der Waals surface area contributed by atoms with Gasteiger partial charge in [-0.1, -0.05) is 0 Å². The van der Waals surface area contributed by atoms with Gasteiger partial charge in [0, 0.05) is 26.3 Å². The molecule has 2 aliphatic rings. The summed E-state index contributed by atoms with van der Waals surface area (Å²) in [7, 11) is 2.72. The van der Waals surface area contributed by atoms with Crippen molar-refractivity contribution in [1.82, 2.24) is 4.90 Å². The molecule has 100 valence electrons. The summed E-state index contributed by atoms with van der Waals surface area (Å²) in [6, 6.07) is 0. The molecule has 0 aromatic heterocycles. The molecule has 0 saturated carbocycles. The molecule has 2 rings (SSSR count). The van der Waals surface area contributed by atoms with E-state index in [9.17, 15) is 9.59 Å². The van der Waals surface area contributed by atoms with Crippen LogP contribution in [0.5, 0.6) is 0 Å². The third kappa shape index (κ3) is 2.20. The molecule has 1 unspecified atom stereocenters.